The SMILES string of the molecule is C.C/C=C\[O-].CC=CC=CC=O.CCC.CCC.CCC.O=CC=CC=C/C=C\[O-].O=CC=CC=C/C=C\[O-].O=CC=CC=C/C=C\[O-].O=CC=CC=C/C=C\[O-]. The summed E-state index contributed by atoms with van der Waals surface area (Å²) >= 11 is 0. The van der Waals surface area contributed by atoms with Gasteiger partial charge in [-0.15, -0.1) is 31.1 Å². The van der Waals surface area contributed by atoms with E-state index < -0.39 is 0 Å². The summed E-state index contributed by atoms with van der Waals surface area (Å²) in [5.41, 5.74) is 0. The van der Waals surface area contributed by atoms with E-state index in [-0.39, 0.29) is 7.43 Å². The van der Waals surface area contributed by atoms with Crippen molar-refractivity contribution in [1.82, 2.24) is 0 Å². The fourth-order valence-corrected chi connectivity index (χ4v) is 1.35. The third-order valence-corrected chi connectivity index (χ3v) is 3.04. The lowest BCUT2D eigenvalue weighted by atomic mass is 10.4. The van der Waals surface area contributed by atoms with Crippen molar-refractivity contribution >= 4 is 31.4 Å². The van der Waals surface area contributed by atoms with Crippen LogP contribution in [0.5, 0.6) is 0 Å². The van der Waals surface area contributed by atoms with E-state index in [9.17, 15) is 44.4 Å². The summed E-state index contributed by atoms with van der Waals surface area (Å²) in [5, 5.41) is 47.7. The van der Waals surface area contributed by atoms with Crippen LogP contribution in [-0.4, -0.2) is 31.4 Å². The van der Waals surface area contributed by atoms with E-state index in [4.69, 9.17) is 5.11 Å². The molecule has 0 aliphatic rings. The van der Waals surface area contributed by atoms with Crippen molar-refractivity contribution in [3.05, 3.63) is 183 Å². The molecular weight excluding hydrogens is 725 g/mol. The average molecular weight is 794 g/mol. The molecule has 322 valence electrons. The Bertz CT molecular complexity index is 1030. The molecule has 0 saturated carbocycles. The molecule has 0 rings (SSSR count). The number of aldehydes is 5. The summed E-state index contributed by atoms with van der Waals surface area (Å²) in [6.07, 6.45) is 48.4. The van der Waals surface area contributed by atoms with Crippen molar-refractivity contribution in [2.75, 3.05) is 0 Å². The highest BCUT2D eigenvalue weighted by molar-refractivity contribution is 5.66. The molecule has 0 spiro atoms. The first-order valence-corrected chi connectivity index (χ1v) is 17.4. The molecular formula is C47H69O10-5. The Hall–Kier alpha value is -6.55. The van der Waals surface area contributed by atoms with E-state index in [0.717, 1.165) is 12.5 Å². The predicted octanol–water partition coefficient (Wildman–Crippen LogP) is 6.77. The van der Waals surface area contributed by atoms with Gasteiger partial charge in [-0.25, -0.2) is 0 Å². The molecule has 0 atom stereocenters. The second-order valence-corrected chi connectivity index (χ2v) is 8.58. The minimum absolute atomic E-state index is 0. The highest BCUT2D eigenvalue weighted by Gasteiger charge is 1.61. The first-order valence-electron chi connectivity index (χ1n) is 17.4. The summed E-state index contributed by atoms with van der Waals surface area (Å²) in [6, 6.07) is 0. The third kappa shape index (κ3) is 221. The predicted molar refractivity (Wildman–Crippen MR) is 233 cm³/mol. The molecule has 0 aromatic carbocycles. The number of hydrogen-bond acceptors (Lipinski definition) is 10. The smallest absolute Gasteiger partial charge is 0.142 e. The molecule has 10 nitrogen and oxygen atoms in total. The molecule has 57 heavy (non-hydrogen) atoms. The van der Waals surface area contributed by atoms with E-state index in [1.807, 2.05) is 13.0 Å². The van der Waals surface area contributed by atoms with Crippen LogP contribution in [0.15, 0.2) is 183 Å². The van der Waals surface area contributed by atoms with Crippen molar-refractivity contribution in [2.45, 2.75) is 82.1 Å². The maximum absolute atomic E-state index is 9.64. The molecule has 0 aliphatic carbocycles. The zero-order valence-electron chi connectivity index (χ0n) is 34.4. The van der Waals surface area contributed by atoms with Gasteiger partial charge in [-0.1, -0.05) is 184 Å². The Balaban J connectivity index is -0.0000000561. The molecule has 0 fully saturated rings. The van der Waals surface area contributed by atoms with Gasteiger partial charge in [0.2, 0.25) is 0 Å². The van der Waals surface area contributed by atoms with E-state index >= 15 is 0 Å². The second kappa shape index (κ2) is 117. The van der Waals surface area contributed by atoms with Gasteiger partial charge >= 0.3 is 0 Å². The second-order valence-electron chi connectivity index (χ2n) is 8.58. The molecule has 0 aromatic heterocycles. The van der Waals surface area contributed by atoms with Crippen LogP contribution in [0, 0.1) is 0 Å². The zero-order valence-corrected chi connectivity index (χ0v) is 34.4. The Kier molecular flexibility index (Phi) is 155. The van der Waals surface area contributed by atoms with Crippen LogP contribution in [0.2, 0.25) is 0 Å². The molecule has 0 unspecified atom stereocenters. The molecule has 0 aromatic rings. The lowest BCUT2D eigenvalue weighted by Crippen LogP contribution is -1.81. The van der Waals surface area contributed by atoms with Gasteiger partial charge in [0, 0.05) is 0 Å². The van der Waals surface area contributed by atoms with Crippen molar-refractivity contribution in [3.63, 3.8) is 0 Å². The lowest BCUT2D eigenvalue weighted by molar-refractivity contribution is -0.275. The highest BCUT2D eigenvalue weighted by atomic mass is 16.2. The standard InChI is InChI=1S/4C7H8O2.C6H8O.C3H6O.3C3H8.CH4/c4*8-6-4-2-1-3-5-7-9;1-2-3-4-5-6-7;1-2-3-4;3*1-3-2;/h4*1-8H;2-6H,1H3;2-4H,1H3;3*3H2,1-2H3;1H4/p-5/b4*2-1?,5-3?,6-4-;;3-2-;;;;. The maximum Gasteiger partial charge on any atom is 0.142 e. The summed E-state index contributed by atoms with van der Waals surface area (Å²) < 4.78 is 0. The van der Waals surface area contributed by atoms with Gasteiger partial charge < -0.3 is 25.5 Å². The van der Waals surface area contributed by atoms with Crippen molar-refractivity contribution in [3.8, 4) is 0 Å². The Morgan fingerprint density at radius 1 is 0.263 bits per heavy atom. The van der Waals surface area contributed by atoms with Gasteiger partial charge in [0.1, 0.15) is 31.4 Å². The fourth-order valence-electron chi connectivity index (χ4n) is 1.35. The van der Waals surface area contributed by atoms with E-state index in [2.05, 4.69) is 41.5 Å². The van der Waals surface area contributed by atoms with Gasteiger partial charge in [-0.3, -0.25) is 24.0 Å². The van der Waals surface area contributed by atoms with Crippen molar-refractivity contribution in [1.29, 1.82) is 0 Å². The molecule has 0 aliphatic heterocycles. The molecule has 10 heteroatoms. The average Bonchev–Trinajstić information content (AvgIpc) is 3.20. The largest absolute Gasteiger partial charge is 0.878 e. The molecule has 0 saturated heterocycles. The quantitative estimate of drug-likeness (QED) is 0.0782. The van der Waals surface area contributed by atoms with Gasteiger partial charge in [0.25, 0.3) is 0 Å². The monoisotopic (exact) mass is 793 g/mol. The Morgan fingerprint density at radius 2 is 0.404 bits per heavy atom. The van der Waals surface area contributed by atoms with Gasteiger partial charge in [0.15, 0.2) is 0 Å². The fraction of sp³-hybridized carbons (Fsp3) is 0.255. The summed E-state index contributed by atoms with van der Waals surface area (Å²) in [7, 11) is 0. The summed E-state index contributed by atoms with van der Waals surface area (Å²) in [6.45, 7) is 16.3. The number of carbonyl (C=O) groups excluding carboxylic acids is 5. The van der Waals surface area contributed by atoms with Crippen LogP contribution in [0.1, 0.15) is 82.1 Å². The topological polar surface area (TPSA) is 201 Å². The molecule has 0 N–H and O–H groups in total. The van der Waals surface area contributed by atoms with Crippen LogP contribution in [0.3, 0.4) is 0 Å². The third-order valence-electron chi connectivity index (χ3n) is 3.04. The highest BCUT2D eigenvalue weighted by Crippen LogP contribution is 1.77. The number of allylic oxidation sites excluding steroid dienone is 25. The minimum Gasteiger partial charge on any atom is -0.878 e. The first kappa shape index (κ1) is 75.4. The van der Waals surface area contributed by atoms with Gasteiger partial charge in [-0.2, -0.15) is 6.26 Å². The Morgan fingerprint density at radius 3 is 0.526 bits per heavy atom. The Labute approximate surface area is 345 Å². The van der Waals surface area contributed by atoms with Gasteiger partial charge in [0.05, 0.1) is 0 Å². The normalized spacial score (nSPS) is 10.5. The van der Waals surface area contributed by atoms with Crippen LogP contribution in [0.25, 0.3) is 0 Å². The molecule has 0 amide bonds. The minimum atomic E-state index is 0. The van der Waals surface area contributed by atoms with Crippen molar-refractivity contribution in [2.24, 2.45) is 0 Å². The van der Waals surface area contributed by atoms with E-state index in [1.165, 1.54) is 80.0 Å². The van der Waals surface area contributed by atoms with Crippen LogP contribution in [-0.2, 0) is 24.0 Å². The molecule has 0 radical (unpaired) electrons. The summed E-state index contributed by atoms with van der Waals surface area (Å²) in [4.78, 5) is 48.1. The molecule has 0 heterocycles. The van der Waals surface area contributed by atoms with Crippen molar-refractivity contribution < 1.29 is 49.5 Å². The van der Waals surface area contributed by atoms with Gasteiger partial charge in [-0.05, 0) is 44.2 Å². The van der Waals surface area contributed by atoms with Crippen LogP contribution >= 0.6 is 0 Å². The number of carbonyl (C=O) groups is 5. The number of hydrogen-bond donors (Lipinski definition) is 0. The maximum atomic E-state index is 9.64. The zero-order chi connectivity index (χ0) is 44.9. The summed E-state index contributed by atoms with van der Waals surface area (Å²) in [5.74, 6) is 0. The first-order chi connectivity index (χ1) is 27.2. The number of rotatable bonds is 14. The van der Waals surface area contributed by atoms with E-state index in [1.54, 1.807) is 92.0 Å². The lowest BCUT2D eigenvalue weighted by Gasteiger charge is -1.80. The van der Waals surface area contributed by atoms with E-state index in [0.29, 0.717) is 50.2 Å². The van der Waals surface area contributed by atoms with Crippen LogP contribution < -0.4 is 25.5 Å². The van der Waals surface area contributed by atoms with Crippen LogP contribution in [0.4, 0.5) is 0 Å². The molecule has 0 bridgehead atoms.